The Hall–Kier alpha value is -2.24. The Morgan fingerprint density at radius 1 is 1.22 bits per heavy atom. The first-order valence-corrected chi connectivity index (χ1v) is 7.74. The molecule has 2 amide bonds. The number of nitrogens with one attached hydrogen (secondary N) is 2. The number of carbonyl (C=O) groups is 2. The molecule has 1 aromatic rings. The molecule has 0 saturated carbocycles. The summed E-state index contributed by atoms with van der Waals surface area (Å²) >= 11 is 0. The number of benzene rings is 1. The van der Waals surface area contributed by atoms with Gasteiger partial charge in [0.25, 0.3) is 0 Å². The molecule has 2 N–H and O–H groups in total. The van der Waals surface area contributed by atoms with Crippen molar-refractivity contribution in [2.45, 2.75) is 40.2 Å². The van der Waals surface area contributed by atoms with E-state index in [0.29, 0.717) is 12.3 Å². The number of fused-ring (bicyclic) bond motifs is 1. The molecule has 1 aliphatic heterocycles. The Morgan fingerprint density at radius 3 is 2.61 bits per heavy atom. The molecule has 126 valence electrons. The zero-order valence-electron chi connectivity index (χ0n) is 14.1. The van der Waals surface area contributed by atoms with Crippen LogP contribution in [0.25, 0.3) is 0 Å². The maximum absolute atomic E-state index is 12.0. The third kappa shape index (κ3) is 4.61. The first-order valence-electron chi connectivity index (χ1n) is 7.74. The van der Waals surface area contributed by atoms with Gasteiger partial charge in [-0.3, -0.25) is 9.59 Å². The lowest BCUT2D eigenvalue weighted by Gasteiger charge is -2.18. The summed E-state index contributed by atoms with van der Waals surface area (Å²) in [6.45, 7) is 7.98. The van der Waals surface area contributed by atoms with Crippen LogP contribution in [0.4, 0.5) is 0 Å². The topological polar surface area (TPSA) is 76.7 Å². The van der Waals surface area contributed by atoms with Crippen LogP contribution in [0.5, 0.6) is 11.5 Å². The predicted octanol–water partition coefficient (Wildman–Crippen LogP) is 2.14. The molecule has 1 atom stereocenters. The lowest BCUT2D eigenvalue weighted by molar-refractivity contribution is -0.128. The largest absolute Gasteiger partial charge is 0.454 e. The van der Waals surface area contributed by atoms with E-state index in [0.717, 1.165) is 11.3 Å². The van der Waals surface area contributed by atoms with Gasteiger partial charge in [-0.05, 0) is 24.6 Å². The SMILES string of the molecule is CC(NC(=O)CCNC(=O)C(C)(C)C)c1ccc2c(c1)OCO2. The third-order valence-electron chi connectivity index (χ3n) is 3.59. The van der Waals surface area contributed by atoms with Crippen molar-refractivity contribution >= 4 is 11.8 Å². The lowest BCUT2D eigenvalue weighted by Crippen LogP contribution is -2.37. The Morgan fingerprint density at radius 2 is 1.91 bits per heavy atom. The first-order chi connectivity index (χ1) is 10.8. The molecular weight excluding hydrogens is 296 g/mol. The van der Waals surface area contributed by atoms with E-state index >= 15 is 0 Å². The molecule has 1 aliphatic rings. The normalized spacial score (nSPS) is 14.3. The molecular formula is C17H24N2O4. The molecule has 1 unspecified atom stereocenters. The Labute approximate surface area is 136 Å². The van der Waals surface area contributed by atoms with Crippen LogP contribution in [-0.2, 0) is 9.59 Å². The fourth-order valence-electron chi connectivity index (χ4n) is 2.13. The van der Waals surface area contributed by atoms with E-state index in [1.807, 2.05) is 45.9 Å². The summed E-state index contributed by atoms with van der Waals surface area (Å²) in [5.74, 6) is 1.25. The smallest absolute Gasteiger partial charge is 0.231 e. The van der Waals surface area contributed by atoms with Crippen LogP contribution < -0.4 is 20.1 Å². The van der Waals surface area contributed by atoms with Gasteiger partial charge in [-0.15, -0.1) is 0 Å². The minimum atomic E-state index is -0.448. The van der Waals surface area contributed by atoms with Gasteiger partial charge < -0.3 is 20.1 Å². The molecule has 23 heavy (non-hydrogen) atoms. The van der Waals surface area contributed by atoms with E-state index < -0.39 is 5.41 Å². The molecule has 2 rings (SSSR count). The number of rotatable bonds is 5. The van der Waals surface area contributed by atoms with E-state index in [1.54, 1.807) is 0 Å². The molecule has 0 aromatic heterocycles. The molecule has 1 heterocycles. The van der Waals surface area contributed by atoms with Crippen molar-refractivity contribution < 1.29 is 19.1 Å². The maximum Gasteiger partial charge on any atom is 0.231 e. The van der Waals surface area contributed by atoms with Gasteiger partial charge in [0.2, 0.25) is 18.6 Å². The quantitative estimate of drug-likeness (QED) is 0.871. The third-order valence-corrected chi connectivity index (χ3v) is 3.59. The van der Waals surface area contributed by atoms with E-state index in [1.165, 1.54) is 0 Å². The molecule has 0 aliphatic carbocycles. The average Bonchev–Trinajstić information content (AvgIpc) is 2.93. The summed E-state index contributed by atoms with van der Waals surface area (Å²) < 4.78 is 10.6. The van der Waals surface area contributed by atoms with Crippen molar-refractivity contribution in [3.05, 3.63) is 23.8 Å². The standard InChI is InChI=1S/C17H24N2O4/c1-11(12-5-6-13-14(9-12)23-10-22-13)19-15(20)7-8-18-16(21)17(2,3)4/h5-6,9,11H,7-8,10H2,1-4H3,(H,18,21)(H,19,20). The molecule has 1 aromatic carbocycles. The van der Waals surface area contributed by atoms with Crippen molar-refractivity contribution in [3.8, 4) is 11.5 Å². The van der Waals surface area contributed by atoms with Crippen molar-refractivity contribution in [3.63, 3.8) is 0 Å². The summed E-state index contributed by atoms with van der Waals surface area (Å²) in [6, 6.07) is 5.47. The second-order valence-electron chi connectivity index (χ2n) is 6.66. The molecule has 0 spiro atoms. The van der Waals surface area contributed by atoms with Crippen LogP contribution in [-0.4, -0.2) is 25.2 Å². The van der Waals surface area contributed by atoms with Crippen LogP contribution in [0.2, 0.25) is 0 Å². The van der Waals surface area contributed by atoms with Gasteiger partial charge in [0, 0.05) is 18.4 Å². The molecule has 0 saturated heterocycles. The van der Waals surface area contributed by atoms with Gasteiger partial charge in [0.15, 0.2) is 11.5 Å². The first kappa shape index (κ1) is 17.1. The molecule has 6 nitrogen and oxygen atoms in total. The highest BCUT2D eigenvalue weighted by atomic mass is 16.7. The van der Waals surface area contributed by atoms with E-state index in [2.05, 4.69) is 10.6 Å². The van der Waals surface area contributed by atoms with E-state index in [4.69, 9.17) is 9.47 Å². The molecule has 0 fully saturated rings. The predicted molar refractivity (Wildman–Crippen MR) is 86.2 cm³/mol. The van der Waals surface area contributed by atoms with Crippen LogP contribution in [0, 0.1) is 5.41 Å². The number of amides is 2. The lowest BCUT2D eigenvalue weighted by atomic mass is 9.96. The van der Waals surface area contributed by atoms with Gasteiger partial charge in [-0.1, -0.05) is 26.8 Å². The molecule has 6 heteroatoms. The number of carbonyl (C=O) groups excluding carboxylic acids is 2. The Kier molecular flexibility index (Phi) is 5.13. The van der Waals surface area contributed by atoms with Gasteiger partial charge in [-0.2, -0.15) is 0 Å². The fraction of sp³-hybridized carbons (Fsp3) is 0.529. The number of hydrogen-bond acceptors (Lipinski definition) is 4. The van der Waals surface area contributed by atoms with Crippen LogP contribution in [0.1, 0.15) is 45.7 Å². The highest BCUT2D eigenvalue weighted by Crippen LogP contribution is 2.34. The summed E-state index contributed by atoms with van der Waals surface area (Å²) in [5, 5.41) is 5.68. The van der Waals surface area contributed by atoms with Crippen molar-refractivity contribution in [1.82, 2.24) is 10.6 Å². The van der Waals surface area contributed by atoms with Gasteiger partial charge in [-0.25, -0.2) is 0 Å². The second-order valence-corrected chi connectivity index (χ2v) is 6.66. The van der Waals surface area contributed by atoms with Crippen LogP contribution >= 0.6 is 0 Å². The molecule has 0 bridgehead atoms. The van der Waals surface area contributed by atoms with Crippen molar-refractivity contribution in [2.24, 2.45) is 5.41 Å². The Balaban J connectivity index is 1.80. The highest BCUT2D eigenvalue weighted by Gasteiger charge is 2.21. The minimum absolute atomic E-state index is 0.0610. The summed E-state index contributed by atoms with van der Waals surface area (Å²) in [7, 11) is 0. The van der Waals surface area contributed by atoms with E-state index in [-0.39, 0.29) is 31.1 Å². The maximum atomic E-state index is 12.0. The second kappa shape index (κ2) is 6.89. The van der Waals surface area contributed by atoms with Crippen molar-refractivity contribution in [1.29, 1.82) is 0 Å². The zero-order chi connectivity index (χ0) is 17.0. The zero-order valence-corrected chi connectivity index (χ0v) is 14.1. The van der Waals surface area contributed by atoms with E-state index in [9.17, 15) is 9.59 Å². The molecule has 0 radical (unpaired) electrons. The average molecular weight is 320 g/mol. The Bertz CT molecular complexity index is 593. The van der Waals surface area contributed by atoms with Gasteiger partial charge >= 0.3 is 0 Å². The number of ether oxygens (including phenoxy) is 2. The summed E-state index contributed by atoms with van der Waals surface area (Å²) in [6.07, 6.45) is 0.247. The number of hydrogen-bond donors (Lipinski definition) is 2. The monoisotopic (exact) mass is 320 g/mol. The minimum Gasteiger partial charge on any atom is -0.454 e. The van der Waals surface area contributed by atoms with Gasteiger partial charge in [0.1, 0.15) is 0 Å². The van der Waals surface area contributed by atoms with Crippen LogP contribution in [0.15, 0.2) is 18.2 Å². The fourth-order valence-corrected chi connectivity index (χ4v) is 2.13. The van der Waals surface area contributed by atoms with Crippen molar-refractivity contribution in [2.75, 3.05) is 13.3 Å². The highest BCUT2D eigenvalue weighted by molar-refractivity contribution is 5.82. The summed E-state index contributed by atoms with van der Waals surface area (Å²) in [5.41, 5.74) is 0.498. The van der Waals surface area contributed by atoms with Gasteiger partial charge in [0.05, 0.1) is 6.04 Å². The summed E-state index contributed by atoms with van der Waals surface area (Å²) in [4.78, 5) is 23.7. The van der Waals surface area contributed by atoms with Crippen LogP contribution in [0.3, 0.4) is 0 Å².